The third-order valence-electron chi connectivity index (χ3n) is 4.92. The lowest BCUT2D eigenvalue weighted by molar-refractivity contribution is 0.107. The van der Waals surface area contributed by atoms with Gasteiger partial charge in [0.25, 0.3) is 0 Å². The van der Waals surface area contributed by atoms with Gasteiger partial charge in [-0.05, 0) is 36.3 Å². The maximum absolute atomic E-state index is 5.60. The van der Waals surface area contributed by atoms with Gasteiger partial charge in [-0.1, -0.05) is 24.3 Å². The van der Waals surface area contributed by atoms with Crippen LogP contribution >= 0.6 is 0 Å². The summed E-state index contributed by atoms with van der Waals surface area (Å²) in [5, 5.41) is 0. The fourth-order valence-electron chi connectivity index (χ4n) is 3.55. The first kappa shape index (κ1) is 14.0. The molecule has 1 N–H and O–H groups in total. The normalized spacial score (nSPS) is 25.7. The number of hydrogen-bond acceptors (Lipinski definition) is 3. The van der Waals surface area contributed by atoms with Gasteiger partial charge in [-0.25, -0.2) is 4.98 Å². The second-order valence-electron chi connectivity index (χ2n) is 6.53. The number of benzene rings is 1. The zero-order valence-electron chi connectivity index (χ0n) is 13.0. The number of H-pyrrole nitrogens is 1. The average molecular weight is 297 g/mol. The number of imidazole rings is 1. The van der Waals surface area contributed by atoms with Crippen molar-refractivity contribution in [2.45, 2.75) is 43.9 Å². The molecule has 0 amide bonds. The largest absolute Gasteiger partial charge is 0.380 e. The highest BCUT2D eigenvalue weighted by atomic mass is 16.5. The van der Waals surface area contributed by atoms with E-state index in [0.29, 0.717) is 12.1 Å². The second kappa shape index (κ2) is 5.86. The minimum atomic E-state index is 0.293. The molecule has 1 aromatic heterocycles. The maximum atomic E-state index is 5.60. The van der Waals surface area contributed by atoms with Gasteiger partial charge < -0.3 is 9.72 Å². The van der Waals surface area contributed by atoms with Gasteiger partial charge in [-0.15, -0.1) is 0 Å². The molecule has 2 aliphatic rings. The first-order valence-corrected chi connectivity index (χ1v) is 8.18. The lowest BCUT2D eigenvalue weighted by atomic mass is 10.1. The molecule has 0 spiro atoms. The number of nitrogens with one attached hydrogen (secondary N) is 1. The summed E-state index contributed by atoms with van der Waals surface area (Å²) in [5.74, 6) is 1.86. The van der Waals surface area contributed by atoms with Crippen LogP contribution in [0.3, 0.4) is 0 Å². The van der Waals surface area contributed by atoms with Crippen LogP contribution in [0.2, 0.25) is 0 Å². The first-order valence-electron chi connectivity index (χ1n) is 8.18. The van der Waals surface area contributed by atoms with Gasteiger partial charge in [0.1, 0.15) is 5.82 Å². The van der Waals surface area contributed by atoms with Gasteiger partial charge in [0.15, 0.2) is 0 Å². The van der Waals surface area contributed by atoms with Crippen molar-refractivity contribution in [3.8, 4) is 0 Å². The molecule has 2 fully saturated rings. The number of ether oxygens (including phenoxy) is 1. The number of aromatic amines is 1. The zero-order valence-corrected chi connectivity index (χ0v) is 13.0. The standard InChI is InChI=1S/C18H23N3O/c1-22-16-10-17(18-19-7-8-20-18)21(12-16)11-13-3-2-4-15(9-13)14-5-6-14/h2-4,7-9,14,16-17H,5-6,10-12H2,1H3,(H,19,20)/t16-,17?/m1/s1. The molecule has 1 unspecified atom stereocenters. The zero-order chi connectivity index (χ0) is 14.9. The minimum absolute atomic E-state index is 0.293. The Bertz CT molecular complexity index is 621. The highest BCUT2D eigenvalue weighted by Crippen LogP contribution is 2.40. The van der Waals surface area contributed by atoms with Gasteiger partial charge in [0, 0.05) is 32.6 Å². The van der Waals surface area contributed by atoms with Crippen molar-refractivity contribution in [3.05, 3.63) is 53.6 Å². The van der Waals surface area contributed by atoms with E-state index in [-0.39, 0.29) is 0 Å². The molecule has 2 aromatic rings. The Labute approximate surface area is 131 Å². The summed E-state index contributed by atoms with van der Waals surface area (Å²) in [6, 6.07) is 9.42. The van der Waals surface area contributed by atoms with Gasteiger partial charge >= 0.3 is 0 Å². The topological polar surface area (TPSA) is 41.1 Å². The molecule has 2 atom stereocenters. The van der Waals surface area contributed by atoms with Crippen LogP contribution in [0.5, 0.6) is 0 Å². The maximum Gasteiger partial charge on any atom is 0.123 e. The second-order valence-corrected chi connectivity index (χ2v) is 6.53. The number of nitrogens with zero attached hydrogens (tertiary/aromatic N) is 2. The Kier molecular flexibility index (Phi) is 3.72. The van der Waals surface area contributed by atoms with Crippen LogP contribution in [0.1, 0.15) is 48.2 Å². The fourth-order valence-corrected chi connectivity index (χ4v) is 3.55. The lowest BCUT2D eigenvalue weighted by Gasteiger charge is -2.22. The van der Waals surface area contributed by atoms with E-state index in [1.807, 2.05) is 12.4 Å². The predicted octanol–water partition coefficient (Wildman–Crippen LogP) is 3.25. The van der Waals surface area contributed by atoms with E-state index in [2.05, 4.69) is 39.1 Å². The lowest BCUT2D eigenvalue weighted by Crippen LogP contribution is -2.25. The van der Waals surface area contributed by atoms with Crippen LogP contribution in [0.25, 0.3) is 0 Å². The van der Waals surface area contributed by atoms with Crippen molar-refractivity contribution in [1.29, 1.82) is 0 Å². The highest BCUT2D eigenvalue weighted by Gasteiger charge is 2.34. The van der Waals surface area contributed by atoms with E-state index in [1.165, 1.54) is 24.0 Å². The molecule has 1 aliphatic heterocycles. The van der Waals surface area contributed by atoms with Crippen molar-refractivity contribution in [1.82, 2.24) is 14.9 Å². The number of methoxy groups -OCH3 is 1. The monoisotopic (exact) mass is 297 g/mol. The molecule has 1 saturated heterocycles. The number of hydrogen-bond donors (Lipinski definition) is 1. The van der Waals surface area contributed by atoms with E-state index in [9.17, 15) is 0 Å². The van der Waals surface area contributed by atoms with Crippen molar-refractivity contribution < 1.29 is 4.74 Å². The molecule has 4 heteroatoms. The molecule has 2 heterocycles. The number of likely N-dealkylation sites (tertiary alicyclic amines) is 1. The molecule has 22 heavy (non-hydrogen) atoms. The third-order valence-corrected chi connectivity index (χ3v) is 4.92. The van der Waals surface area contributed by atoms with E-state index in [4.69, 9.17) is 4.74 Å². The summed E-state index contributed by atoms with van der Waals surface area (Å²) in [4.78, 5) is 10.2. The molecular weight excluding hydrogens is 274 g/mol. The molecule has 1 aromatic carbocycles. The Morgan fingerprint density at radius 1 is 1.36 bits per heavy atom. The van der Waals surface area contributed by atoms with E-state index < -0.39 is 0 Å². The van der Waals surface area contributed by atoms with Crippen molar-refractivity contribution in [3.63, 3.8) is 0 Å². The fraction of sp³-hybridized carbons (Fsp3) is 0.500. The van der Waals surface area contributed by atoms with Gasteiger partial charge in [-0.3, -0.25) is 4.90 Å². The van der Waals surface area contributed by atoms with Crippen LogP contribution in [0, 0.1) is 0 Å². The molecule has 1 saturated carbocycles. The van der Waals surface area contributed by atoms with Crippen molar-refractivity contribution >= 4 is 0 Å². The molecule has 4 rings (SSSR count). The van der Waals surface area contributed by atoms with Gasteiger partial charge in [0.2, 0.25) is 0 Å². The molecule has 1 aliphatic carbocycles. The SMILES string of the molecule is CO[C@@H]1CC(c2ncc[nH]2)N(Cc2cccc(C3CC3)c2)C1. The summed E-state index contributed by atoms with van der Waals surface area (Å²) in [7, 11) is 1.81. The third kappa shape index (κ3) is 2.81. The first-order chi connectivity index (χ1) is 10.8. The molecule has 116 valence electrons. The Hall–Kier alpha value is -1.65. The quantitative estimate of drug-likeness (QED) is 0.921. The van der Waals surface area contributed by atoms with Gasteiger partial charge in [-0.2, -0.15) is 0 Å². The number of aromatic nitrogens is 2. The predicted molar refractivity (Wildman–Crippen MR) is 85.6 cm³/mol. The van der Waals surface area contributed by atoms with Crippen LogP contribution in [0.4, 0.5) is 0 Å². The summed E-state index contributed by atoms with van der Waals surface area (Å²) in [6.07, 6.45) is 7.75. The molecule has 4 nitrogen and oxygen atoms in total. The smallest absolute Gasteiger partial charge is 0.123 e. The van der Waals surface area contributed by atoms with E-state index in [1.54, 1.807) is 7.11 Å². The Morgan fingerprint density at radius 3 is 3.00 bits per heavy atom. The molecular formula is C18H23N3O. The Morgan fingerprint density at radius 2 is 2.27 bits per heavy atom. The van der Waals surface area contributed by atoms with E-state index >= 15 is 0 Å². The summed E-state index contributed by atoms with van der Waals surface area (Å²) >= 11 is 0. The average Bonchev–Trinajstić information content (AvgIpc) is 3.10. The number of rotatable bonds is 5. The van der Waals surface area contributed by atoms with Crippen molar-refractivity contribution in [2.24, 2.45) is 0 Å². The molecule has 0 radical (unpaired) electrons. The Balaban J connectivity index is 1.53. The summed E-state index contributed by atoms with van der Waals surface area (Å²) in [6.45, 7) is 1.93. The van der Waals surface area contributed by atoms with Crippen LogP contribution in [0.15, 0.2) is 36.7 Å². The highest BCUT2D eigenvalue weighted by molar-refractivity contribution is 5.29. The van der Waals surface area contributed by atoms with Crippen molar-refractivity contribution in [2.75, 3.05) is 13.7 Å². The molecule has 0 bridgehead atoms. The van der Waals surface area contributed by atoms with Gasteiger partial charge in [0.05, 0.1) is 12.1 Å². The van der Waals surface area contributed by atoms with Crippen LogP contribution in [-0.4, -0.2) is 34.6 Å². The van der Waals surface area contributed by atoms with Crippen LogP contribution < -0.4 is 0 Å². The minimum Gasteiger partial charge on any atom is -0.380 e. The summed E-state index contributed by atoms with van der Waals surface area (Å²) < 4.78 is 5.60. The summed E-state index contributed by atoms with van der Waals surface area (Å²) in [5.41, 5.74) is 2.91. The van der Waals surface area contributed by atoms with Crippen LogP contribution in [-0.2, 0) is 11.3 Å². The van der Waals surface area contributed by atoms with E-state index in [0.717, 1.165) is 31.3 Å².